The molecule has 0 spiro atoms. The lowest BCUT2D eigenvalue weighted by Crippen LogP contribution is -2.48. The number of carboxylic acids is 1. The van der Waals surface area contributed by atoms with E-state index in [9.17, 15) is 9.59 Å². The fourth-order valence-electron chi connectivity index (χ4n) is 1.26. The molecule has 1 aliphatic rings. The standard InChI is InChI=1S/C10H18N2O3/c1-6(2)8(9(13)14)12-10(15)11-5-7-3-4-7/h6-8H,3-5H2,1-2H3,(H,13,14)(H2,11,12,15)/t8-/m0/s1. The van der Waals surface area contributed by atoms with E-state index < -0.39 is 12.0 Å². The van der Waals surface area contributed by atoms with Crippen molar-refractivity contribution in [3.8, 4) is 0 Å². The Kier molecular flexibility index (Phi) is 3.94. The second kappa shape index (κ2) is 5.00. The van der Waals surface area contributed by atoms with E-state index in [4.69, 9.17) is 5.11 Å². The van der Waals surface area contributed by atoms with Crippen molar-refractivity contribution < 1.29 is 14.7 Å². The molecule has 0 aromatic carbocycles. The molecule has 0 bridgehead atoms. The fourth-order valence-corrected chi connectivity index (χ4v) is 1.26. The summed E-state index contributed by atoms with van der Waals surface area (Å²) < 4.78 is 0. The SMILES string of the molecule is CC(C)[C@H](NC(=O)NCC1CC1)C(=O)O. The highest BCUT2D eigenvalue weighted by atomic mass is 16.4. The first-order chi connectivity index (χ1) is 7.00. The lowest BCUT2D eigenvalue weighted by atomic mass is 10.1. The molecule has 0 saturated heterocycles. The fraction of sp³-hybridized carbons (Fsp3) is 0.800. The summed E-state index contributed by atoms with van der Waals surface area (Å²) in [6.45, 7) is 4.18. The van der Waals surface area contributed by atoms with Crippen molar-refractivity contribution in [3.05, 3.63) is 0 Å². The van der Waals surface area contributed by atoms with Gasteiger partial charge in [0.15, 0.2) is 0 Å². The molecular formula is C10H18N2O3. The smallest absolute Gasteiger partial charge is 0.326 e. The molecule has 0 radical (unpaired) electrons. The van der Waals surface area contributed by atoms with E-state index in [-0.39, 0.29) is 11.9 Å². The molecule has 86 valence electrons. The minimum absolute atomic E-state index is 0.117. The number of carbonyl (C=O) groups excluding carboxylic acids is 1. The van der Waals surface area contributed by atoms with Crippen LogP contribution in [-0.2, 0) is 4.79 Å². The zero-order valence-electron chi connectivity index (χ0n) is 9.12. The van der Waals surface area contributed by atoms with Gasteiger partial charge in [0.25, 0.3) is 0 Å². The van der Waals surface area contributed by atoms with E-state index in [0.717, 1.165) is 12.8 Å². The van der Waals surface area contributed by atoms with E-state index in [1.54, 1.807) is 13.8 Å². The van der Waals surface area contributed by atoms with Crippen LogP contribution >= 0.6 is 0 Å². The highest BCUT2D eigenvalue weighted by Crippen LogP contribution is 2.27. The predicted molar refractivity (Wildman–Crippen MR) is 55.5 cm³/mol. The number of hydrogen-bond acceptors (Lipinski definition) is 2. The van der Waals surface area contributed by atoms with E-state index in [0.29, 0.717) is 12.5 Å². The largest absolute Gasteiger partial charge is 0.480 e. The lowest BCUT2D eigenvalue weighted by Gasteiger charge is -2.18. The summed E-state index contributed by atoms with van der Waals surface area (Å²) in [6.07, 6.45) is 2.32. The van der Waals surface area contributed by atoms with Crippen molar-refractivity contribution in [1.29, 1.82) is 0 Å². The summed E-state index contributed by atoms with van der Waals surface area (Å²) in [6, 6.07) is -1.20. The first-order valence-electron chi connectivity index (χ1n) is 5.28. The van der Waals surface area contributed by atoms with Crippen LogP contribution in [0.4, 0.5) is 4.79 Å². The molecule has 1 rings (SSSR count). The zero-order chi connectivity index (χ0) is 11.4. The normalized spacial score (nSPS) is 17.3. The Morgan fingerprint density at radius 1 is 1.40 bits per heavy atom. The van der Waals surface area contributed by atoms with Crippen LogP contribution in [-0.4, -0.2) is 29.7 Å². The van der Waals surface area contributed by atoms with E-state index in [1.165, 1.54) is 0 Å². The van der Waals surface area contributed by atoms with Crippen LogP contribution in [0, 0.1) is 11.8 Å². The monoisotopic (exact) mass is 214 g/mol. The Hall–Kier alpha value is -1.26. The molecular weight excluding hydrogens is 196 g/mol. The van der Waals surface area contributed by atoms with Gasteiger partial charge in [-0.2, -0.15) is 0 Å². The number of amides is 2. The van der Waals surface area contributed by atoms with E-state index >= 15 is 0 Å². The molecule has 0 unspecified atom stereocenters. The highest BCUT2D eigenvalue weighted by molar-refractivity contribution is 5.82. The lowest BCUT2D eigenvalue weighted by molar-refractivity contribution is -0.140. The maximum absolute atomic E-state index is 11.3. The molecule has 0 aliphatic heterocycles. The van der Waals surface area contributed by atoms with Gasteiger partial charge in [0, 0.05) is 6.54 Å². The van der Waals surface area contributed by atoms with Crippen LogP contribution in [0.2, 0.25) is 0 Å². The Morgan fingerprint density at radius 2 is 2.00 bits per heavy atom. The Balaban J connectivity index is 2.28. The van der Waals surface area contributed by atoms with Gasteiger partial charge >= 0.3 is 12.0 Å². The number of hydrogen-bond donors (Lipinski definition) is 3. The topological polar surface area (TPSA) is 78.4 Å². The third-order valence-corrected chi connectivity index (χ3v) is 2.47. The molecule has 1 saturated carbocycles. The van der Waals surface area contributed by atoms with Crippen LogP contribution in [0.25, 0.3) is 0 Å². The van der Waals surface area contributed by atoms with Gasteiger partial charge in [-0.3, -0.25) is 0 Å². The van der Waals surface area contributed by atoms with Gasteiger partial charge in [-0.15, -0.1) is 0 Å². The summed E-state index contributed by atoms with van der Waals surface area (Å²) in [5.41, 5.74) is 0. The summed E-state index contributed by atoms with van der Waals surface area (Å²) in [5, 5.41) is 14.0. The Labute approximate surface area is 89.2 Å². The maximum atomic E-state index is 11.3. The molecule has 15 heavy (non-hydrogen) atoms. The highest BCUT2D eigenvalue weighted by Gasteiger charge is 2.25. The minimum atomic E-state index is -0.994. The van der Waals surface area contributed by atoms with Crippen molar-refractivity contribution in [2.45, 2.75) is 32.7 Å². The van der Waals surface area contributed by atoms with Crippen molar-refractivity contribution in [2.24, 2.45) is 11.8 Å². The molecule has 1 fully saturated rings. The Morgan fingerprint density at radius 3 is 2.40 bits per heavy atom. The van der Waals surface area contributed by atoms with Crippen molar-refractivity contribution in [3.63, 3.8) is 0 Å². The predicted octanol–water partition coefficient (Wildman–Crippen LogP) is 0.805. The summed E-state index contributed by atoms with van der Waals surface area (Å²) >= 11 is 0. The summed E-state index contributed by atoms with van der Waals surface area (Å²) in [5.74, 6) is -0.515. The molecule has 1 atom stereocenters. The number of rotatable bonds is 5. The van der Waals surface area contributed by atoms with Crippen LogP contribution < -0.4 is 10.6 Å². The van der Waals surface area contributed by atoms with Gasteiger partial charge in [0.05, 0.1) is 0 Å². The maximum Gasteiger partial charge on any atom is 0.326 e. The number of carbonyl (C=O) groups is 2. The van der Waals surface area contributed by atoms with Crippen molar-refractivity contribution in [2.75, 3.05) is 6.54 Å². The quantitative estimate of drug-likeness (QED) is 0.633. The van der Waals surface area contributed by atoms with E-state index in [2.05, 4.69) is 10.6 Å². The first kappa shape index (κ1) is 11.8. The van der Waals surface area contributed by atoms with Gasteiger partial charge in [-0.1, -0.05) is 13.8 Å². The van der Waals surface area contributed by atoms with Crippen molar-refractivity contribution >= 4 is 12.0 Å². The molecule has 5 nitrogen and oxygen atoms in total. The molecule has 5 heteroatoms. The van der Waals surface area contributed by atoms with Gasteiger partial charge in [0.1, 0.15) is 6.04 Å². The van der Waals surface area contributed by atoms with Gasteiger partial charge in [0.2, 0.25) is 0 Å². The number of aliphatic carboxylic acids is 1. The van der Waals surface area contributed by atoms with Gasteiger partial charge in [-0.05, 0) is 24.7 Å². The van der Waals surface area contributed by atoms with Gasteiger partial charge < -0.3 is 15.7 Å². The molecule has 0 heterocycles. The van der Waals surface area contributed by atoms with Crippen LogP contribution in [0.3, 0.4) is 0 Å². The molecule has 0 aromatic heterocycles. The second-order valence-corrected chi connectivity index (χ2v) is 4.36. The molecule has 0 aromatic rings. The number of urea groups is 1. The average Bonchev–Trinajstić information content (AvgIpc) is 2.93. The second-order valence-electron chi connectivity index (χ2n) is 4.36. The van der Waals surface area contributed by atoms with E-state index in [1.807, 2.05) is 0 Å². The number of nitrogens with one attached hydrogen (secondary N) is 2. The third-order valence-electron chi connectivity index (χ3n) is 2.47. The van der Waals surface area contributed by atoms with Crippen LogP contribution in [0.15, 0.2) is 0 Å². The third kappa shape index (κ3) is 4.18. The summed E-state index contributed by atoms with van der Waals surface area (Å²) in [4.78, 5) is 22.1. The molecule has 3 N–H and O–H groups in total. The van der Waals surface area contributed by atoms with Gasteiger partial charge in [-0.25, -0.2) is 9.59 Å². The zero-order valence-corrected chi connectivity index (χ0v) is 9.12. The minimum Gasteiger partial charge on any atom is -0.480 e. The molecule has 1 aliphatic carbocycles. The van der Waals surface area contributed by atoms with Crippen molar-refractivity contribution in [1.82, 2.24) is 10.6 Å². The van der Waals surface area contributed by atoms with Crippen LogP contribution in [0.5, 0.6) is 0 Å². The first-order valence-corrected chi connectivity index (χ1v) is 5.28. The Bertz CT molecular complexity index is 249. The van der Waals surface area contributed by atoms with Crippen LogP contribution in [0.1, 0.15) is 26.7 Å². The summed E-state index contributed by atoms with van der Waals surface area (Å²) in [7, 11) is 0. The average molecular weight is 214 g/mol. The molecule has 2 amide bonds. The number of carboxylic acid groups (broad SMARTS) is 1.